The van der Waals surface area contributed by atoms with Gasteiger partial charge < -0.3 is 10.0 Å². The van der Waals surface area contributed by atoms with Crippen molar-refractivity contribution in [1.82, 2.24) is 14.8 Å². The van der Waals surface area contributed by atoms with Crippen LogP contribution in [0.1, 0.15) is 24.8 Å². The number of amides is 1. The Morgan fingerprint density at radius 3 is 2.77 bits per heavy atom. The van der Waals surface area contributed by atoms with Crippen LogP contribution in [0.15, 0.2) is 24.5 Å². The van der Waals surface area contributed by atoms with Crippen LogP contribution in [0.3, 0.4) is 0 Å². The molecule has 1 aromatic heterocycles. The van der Waals surface area contributed by atoms with Gasteiger partial charge in [-0.2, -0.15) is 0 Å². The SMILES string of the molecule is CN1C(=O)C[C@@H](C(=O)O)C12CCN(Cc1cccnc1)CC2. The van der Waals surface area contributed by atoms with Gasteiger partial charge in [0.05, 0.1) is 11.5 Å². The number of hydrogen-bond acceptors (Lipinski definition) is 4. The average molecular weight is 303 g/mol. The molecule has 3 rings (SSSR count). The van der Waals surface area contributed by atoms with Crippen molar-refractivity contribution in [3.63, 3.8) is 0 Å². The summed E-state index contributed by atoms with van der Waals surface area (Å²) in [4.78, 5) is 31.6. The fourth-order valence-corrected chi connectivity index (χ4v) is 3.83. The molecule has 6 heteroatoms. The number of carbonyl (C=O) groups is 2. The third-order valence-electron chi connectivity index (χ3n) is 5.22. The van der Waals surface area contributed by atoms with Gasteiger partial charge >= 0.3 is 5.97 Å². The molecule has 1 amide bonds. The smallest absolute Gasteiger partial charge is 0.309 e. The first-order chi connectivity index (χ1) is 10.5. The van der Waals surface area contributed by atoms with Crippen molar-refractivity contribution < 1.29 is 14.7 Å². The van der Waals surface area contributed by atoms with Crippen molar-refractivity contribution in [1.29, 1.82) is 0 Å². The first-order valence-electron chi connectivity index (χ1n) is 7.64. The molecule has 118 valence electrons. The summed E-state index contributed by atoms with van der Waals surface area (Å²) in [5.74, 6) is -1.47. The summed E-state index contributed by atoms with van der Waals surface area (Å²) in [6, 6.07) is 3.97. The zero-order valence-corrected chi connectivity index (χ0v) is 12.7. The van der Waals surface area contributed by atoms with E-state index < -0.39 is 17.4 Å². The van der Waals surface area contributed by atoms with Crippen molar-refractivity contribution in [2.45, 2.75) is 31.3 Å². The van der Waals surface area contributed by atoms with Gasteiger partial charge in [-0.1, -0.05) is 6.07 Å². The minimum atomic E-state index is -0.849. The monoisotopic (exact) mass is 303 g/mol. The highest BCUT2D eigenvalue weighted by Gasteiger charge is 2.55. The van der Waals surface area contributed by atoms with E-state index in [1.54, 1.807) is 18.1 Å². The van der Waals surface area contributed by atoms with Gasteiger partial charge in [-0.15, -0.1) is 0 Å². The first-order valence-corrected chi connectivity index (χ1v) is 7.64. The number of carboxylic acids is 1. The summed E-state index contributed by atoms with van der Waals surface area (Å²) in [5.41, 5.74) is 0.651. The van der Waals surface area contributed by atoms with Crippen molar-refractivity contribution in [2.75, 3.05) is 20.1 Å². The van der Waals surface area contributed by atoms with E-state index in [4.69, 9.17) is 0 Å². The van der Waals surface area contributed by atoms with Gasteiger partial charge in [-0.3, -0.25) is 19.5 Å². The number of carbonyl (C=O) groups excluding carboxylic acids is 1. The number of aromatic nitrogens is 1. The molecule has 0 unspecified atom stereocenters. The molecule has 0 aliphatic carbocycles. The van der Waals surface area contributed by atoms with Crippen molar-refractivity contribution >= 4 is 11.9 Å². The zero-order chi connectivity index (χ0) is 15.7. The van der Waals surface area contributed by atoms with Crippen LogP contribution in [0.5, 0.6) is 0 Å². The first kappa shape index (κ1) is 15.0. The van der Waals surface area contributed by atoms with E-state index in [1.807, 2.05) is 18.3 Å². The van der Waals surface area contributed by atoms with Crippen LogP contribution in [0.2, 0.25) is 0 Å². The third kappa shape index (κ3) is 2.47. The maximum atomic E-state index is 12.0. The van der Waals surface area contributed by atoms with Crippen LogP contribution in [-0.4, -0.2) is 57.4 Å². The molecule has 1 N–H and O–H groups in total. The summed E-state index contributed by atoms with van der Waals surface area (Å²) >= 11 is 0. The molecular weight excluding hydrogens is 282 g/mol. The van der Waals surface area contributed by atoms with E-state index in [9.17, 15) is 14.7 Å². The highest BCUT2D eigenvalue weighted by atomic mass is 16.4. The van der Waals surface area contributed by atoms with Gasteiger partial charge in [0.1, 0.15) is 0 Å². The van der Waals surface area contributed by atoms with Crippen LogP contribution >= 0.6 is 0 Å². The molecule has 2 aliphatic heterocycles. The maximum absolute atomic E-state index is 12.0. The van der Waals surface area contributed by atoms with Crippen LogP contribution in [0.4, 0.5) is 0 Å². The Morgan fingerprint density at radius 2 is 2.18 bits per heavy atom. The van der Waals surface area contributed by atoms with E-state index in [-0.39, 0.29) is 12.3 Å². The molecule has 22 heavy (non-hydrogen) atoms. The van der Waals surface area contributed by atoms with E-state index >= 15 is 0 Å². The molecule has 2 saturated heterocycles. The fraction of sp³-hybridized carbons (Fsp3) is 0.562. The van der Waals surface area contributed by atoms with Crippen molar-refractivity contribution in [2.24, 2.45) is 5.92 Å². The van der Waals surface area contributed by atoms with E-state index in [2.05, 4.69) is 9.88 Å². The molecule has 1 atom stereocenters. The molecule has 0 saturated carbocycles. The number of carboxylic acid groups (broad SMARTS) is 1. The summed E-state index contributed by atoms with van der Waals surface area (Å²) in [6.07, 6.45) is 5.17. The largest absolute Gasteiger partial charge is 0.481 e. The Morgan fingerprint density at radius 1 is 1.45 bits per heavy atom. The Bertz CT molecular complexity index is 567. The lowest BCUT2D eigenvalue weighted by molar-refractivity contribution is -0.146. The number of nitrogens with zero attached hydrogens (tertiary/aromatic N) is 3. The molecule has 0 aromatic carbocycles. The maximum Gasteiger partial charge on any atom is 0.309 e. The quantitative estimate of drug-likeness (QED) is 0.901. The minimum Gasteiger partial charge on any atom is -0.481 e. The van der Waals surface area contributed by atoms with Crippen molar-refractivity contribution in [3.05, 3.63) is 30.1 Å². The molecule has 1 spiro atoms. The summed E-state index contributed by atoms with van der Waals surface area (Å²) < 4.78 is 0. The number of likely N-dealkylation sites (tertiary alicyclic amines) is 2. The predicted octanol–water partition coefficient (Wildman–Crippen LogP) is 0.979. The topological polar surface area (TPSA) is 73.7 Å². The number of rotatable bonds is 3. The molecule has 0 bridgehead atoms. The van der Waals surface area contributed by atoms with Gasteiger partial charge in [0.25, 0.3) is 0 Å². The normalized spacial score (nSPS) is 24.9. The minimum absolute atomic E-state index is 0.0480. The summed E-state index contributed by atoms with van der Waals surface area (Å²) in [5, 5.41) is 9.47. The highest BCUT2D eigenvalue weighted by Crippen LogP contribution is 2.42. The highest BCUT2D eigenvalue weighted by molar-refractivity contribution is 5.88. The van der Waals surface area contributed by atoms with Crippen LogP contribution in [-0.2, 0) is 16.1 Å². The van der Waals surface area contributed by atoms with E-state index in [0.717, 1.165) is 25.2 Å². The zero-order valence-electron chi connectivity index (χ0n) is 12.7. The molecule has 1 aromatic rings. The predicted molar refractivity (Wildman–Crippen MR) is 80.0 cm³/mol. The van der Waals surface area contributed by atoms with Gasteiger partial charge in [0.2, 0.25) is 5.91 Å². The lowest BCUT2D eigenvalue weighted by atomic mass is 9.77. The Hall–Kier alpha value is -1.95. The molecule has 6 nitrogen and oxygen atoms in total. The second-order valence-electron chi connectivity index (χ2n) is 6.29. The number of pyridine rings is 1. The lowest BCUT2D eigenvalue weighted by Gasteiger charge is -2.45. The Labute approximate surface area is 129 Å². The summed E-state index contributed by atoms with van der Waals surface area (Å²) in [6.45, 7) is 2.42. The third-order valence-corrected chi connectivity index (χ3v) is 5.22. The molecular formula is C16H21N3O3. The number of aliphatic carboxylic acids is 1. The molecule has 3 heterocycles. The van der Waals surface area contributed by atoms with E-state index in [1.165, 1.54) is 0 Å². The number of hydrogen-bond donors (Lipinski definition) is 1. The van der Waals surface area contributed by atoms with Crippen LogP contribution < -0.4 is 0 Å². The Balaban J connectivity index is 1.69. The fourth-order valence-electron chi connectivity index (χ4n) is 3.83. The van der Waals surface area contributed by atoms with Crippen molar-refractivity contribution in [3.8, 4) is 0 Å². The van der Waals surface area contributed by atoms with Gasteiger partial charge in [-0.05, 0) is 24.5 Å². The molecule has 2 aliphatic rings. The lowest BCUT2D eigenvalue weighted by Crippen LogP contribution is -2.55. The van der Waals surface area contributed by atoms with E-state index in [0.29, 0.717) is 12.8 Å². The molecule has 0 radical (unpaired) electrons. The van der Waals surface area contributed by atoms with Gasteiger partial charge in [0.15, 0.2) is 0 Å². The van der Waals surface area contributed by atoms with Gasteiger partial charge in [0, 0.05) is 45.5 Å². The molecule has 2 fully saturated rings. The second-order valence-corrected chi connectivity index (χ2v) is 6.29. The van der Waals surface area contributed by atoms with Crippen LogP contribution in [0.25, 0.3) is 0 Å². The van der Waals surface area contributed by atoms with Gasteiger partial charge in [-0.25, -0.2) is 0 Å². The standard InChI is InChI=1S/C16H21N3O3/c1-18-14(20)9-13(15(21)22)16(18)4-7-19(8-5-16)11-12-3-2-6-17-10-12/h2-3,6,10,13H,4-5,7-9,11H2,1H3,(H,21,22)/t13-/m0/s1. The second kappa shape index (κ2) is 5.68. The number of piperidine rings is 1. The van der Waals surface area contributed by atoms with Crippen LogP contribution in [0, 0.1) is 5.92 Å². The Kier molecular flexibility index (Phi) is 3.87. The average Bonchev–Trinajstić information content (AvgIpc) is 2.76. The summed E-state index contributed by atoms with van der Waals surface area (Å²) in [7, 11) is 1.75.